The Kier molecular flexibility index (Phi) is 3.92. The molecule has 7 heteroatoms. The fraction of sp³-hybridized carbons (Fsp3) is 0.188. The lowest BCUT2D eigenvalue weighted by molar-refractivity contribution is 0.0523. The quantitative estimate of drug-likeness (QED) is 0.691. The second-order valence-electron chi connectivity index (χ2n) is 4.82. The fourth-order valence-corrected chi connectivity index (χ4v) is 2.25. The van der Waals surface area contributed by atoms with Crippen molar-refractivity contribution in [3.63, 3.8) is 0 Å². The minimum absolute atomic E-state index is 0.0281. The van der Waals surface area contributed by atoms with Gasteiger partial charge < -0.3 is 9.15 Å². The molecule has 2 heterocycles. The maximum absolute atomic E-state index is 13.2. The van der Waals surface area contributed by atoms with Gasteiger partial charge in [-0.3, -0.25) is 9.36 Å². The molecule has 0 N–H and O–H groups in total. The summed E-state index contributed by atoms with van der Waals surface area (Å²) in [6, 6.07) is 5.26. The lowest BCUT2D eigenvalue weighted by atomic mass is 10.2. The van der Waals surface area contributed by atoms with E-state index in [9.17, 15) is 14.0 Å². The molecule has 0 spiro atoms. The van der Waals surface area contributed by atoms with Gasteiger partial charge in [-0.2, -0.15) is 0 Å². The normalized spacial score (nSPS) is 10.9. The van der Waals surface area contributed by atoms with E-state index in [1.54, 1.807) is 6.92 Å². The van der Waals surface area contributed by atoms with Crippen molar-refractivity contribution >= 4 is 16.9 Å². The molecule has 0 fully saturated rings. The topological polar surface area (TPSA) is 74.3 Å². The first kappa shape index (κ1) is 15.0. The standard InChI is InChI=1S/C16H13FN2O4/c1-2-22-16(21)12-5-6-23-14(12)8-19-9-18-13-7-10(17)3-4-11(13)15(19)20/h3-7,9H,2,8H2,1H3. The Hall–Kier alpha value is -2.96. The molecular weight excluding hydrogens is 303 g/mol. The maximum atomic E-state index is 13.2. The number of esters is 1. The number of nitrogens with zero attached hydrogens (tertiary/aromatic N) is 2. The summed E-state index contributed by atoms with van der Waals surface area (Å²) in [4.78, 5) is 28.3. The highest BCUT2D eigenvalue weighted by Gasteiger charge is 2.17. The van der Waals surface area contributed by atoms with Crippen molar-refractivity contribution in [1.82, 2.24) is 9.55 Å². The highest BCUT2D eigenvalue weighted by Crippen LogP contribution is 2.14. The molecule has 0 aliphatic carbocycles. The number of hydrogen-bond acceptors (Lipinski definition) is 5. The number of hydrogen-bond donors (Lipinski definition) is 0. The molecular formula is C16H13FN2O4. The molecule has 0 saturated heterocycles. The van der Waals surface area contributed by atoms with Crippen molar-refractivity contribution in [3.05, 3.63) is 64.4 Å². The van der Waals surface area contributed by atoms with Crippen LogP contribution in [0.5, 0.6) is 0 Å². The van der Waals surface area contributed by atoms with Gasteiger partial charge in [-0.05, 0) is 25.1 Å². The molecule has 0 aliphatic rings. The number of benzene rings is 1. The molecule has 0 atom stereocenters. The summed E-state index contributed by atoms with van der Waals surface area (Å²) in [5.74, 6) is -0.674. The van der Waals surface area contributed by atoms with Gasteiger partial charge in [-0.15, -0.1) is 0 Å². The predicted octanol–water partition coefficient (Wildman–Crippen LogP) is 2.35. The largest absolute Gasteiger partial charge is 0.467 e. The van der Waals surface area contributed by atoms with Crippen molar-refractivity contribution in [2.24, 2.45) is 0 Å². The van der Waals surface area contributed by atoms with Crippen LogP contribution in [-0.4, -0.2) is 22.1 Å². The van der Waals surface area contributed by atoms with Crippen LogP contribution in [0.1, 0.15) is 23.0 Å². The molecule has 0 saturated carbocycles. The van der Waals surface area contributed by atoms with Gasteiger partial charge in [0.25, 0.3) is 5.56 Å². The van der Waals surface area contributed by atoms with Crippen LogP contribution in [0.4, 0.5) is 4.39 Å². The van der Waals surface area contributed by atoms with E-state index < -0.39 is 11.8 Å². The van der Waals surface area contributed by atoms with Gasteiger partial charge >= 0.3 is 5.97 Å². The highest BCUT2D eigenvalue weighted by atomic mass is 19.1. The number of furan rings is 1. The van der Waals surface area contributed by atoms with Crippen LogP contribution < -0.4 is 5.56 Å². The van der Waals surface area contributed by atoms with Gasteiger partial charge in [0.15, 0.2) is 0 Å². The van der Waals surface area contributed by atoms with E-state index in [0.717, 1.165) is 0 Å². The summed E-state index contributed by atoms with van der Waals surface area (Å²) in [6.45, 7) is 1.97. The third kappa shape index (κ3) is 2.85. The van der Waals surface area contributed by atoms with Crippen LogP contribution in [0.3, 0.4) is 0 Å². The van der Waals surface area contributed by atoms with E-state index in [1.807, 2.05) is 0 Å². The first-order valence-electron chi connectivity index (χ1n) is 6.98. The van der Waals surface area contributed by atoms with Crippen LogP contribution >= 0.6 is 0 Å². The van der Waals surface area contributed by atoms with Gasteiger partial charge in [-0.25, -0.2) is 14.2 Å². The van der Waals surface area contributed by atoms with Crippen LogP contribution in [0.25, 0.3) is 10.9 Å². The van der Waals surface area contributed by atoms with Crippen LogP contribution in [-0.2, 0) is 11.3 Å². The molecule has 0 amide bonds. The van der Waals surface area contributed by atoms with Crippen molar-refractivity contribution in [2.45, 2.75) is 13.5 Å². The zero-order chi connectivity index (χ0) is 16.4. The number of carbonyl (C=O) groups is 1. The van der Waals surface area contributed by atoms with E-state index in [2.05, 4.69) is 4.98 Å². The van der Waals surface area contributed by atoms with E-state index in [0.29, 0.717) is 5.76 Å². The second-order valence-corrected chi connectivity index (χ2v) is 4.82. The highest BCUT2D eigenvalue weighted by molar-refractivity contribution is 5.90. The zero-order valence-electron chi connectivity index (χ0n) is 12.3. The van der Waals surface area contributed by atoms with E-state index in [4.69, 9.17) is 9.15 Å². The van der Waals surface area contributed by atoms with Crippen LogP contribution in [0.15, 0.2) is 46.1 Å². The van der Waals surface area contributed by atoms with E-state index in [-0.39, 0.29) is 35.2 Å². The Bertz CT molecular complexity index is 929. The number of aromatic nitrogens is 2. The Balaban J connectivity index is 1.98. The number of halogens is 1. The molecule has 0 radical (unpaired) electrons. The smallest absolute Gasteiger partial charge is 0.341 e. The Morgan fingerprint density at radius 3 is 3.00 bits per heavy atom. The number of ether oxygens (including phenoxy) is 1. The maximum Gasteiger partial charge on any atom is 0.341 e. The summed E-state index contributed by atoms with van der Waals surface area (Å²) in [5, 5.41) is 0.290. The summed E-state index contributed by atoms with van der Waals surface area (Å²) >= 11 is 0. The van der Waals surface area contributed by atoms with Crippen LogP contribution in [0.2, 0.25) is 0 Å². The van der Waals surface area contributed by atoms with Crippen LogP contribution in [0, 0.1) is 5.82 Å². The molecule has 1 aromatic carbocycles. The monoisotopic (exact) mass is 316 g/mol. The zero-order valence-corrected chi connectivity index (χ0v) is 12.3. The molecule has 3 aromatic rings. The van der Waals surface area contributed by atoms with Gasteiger partial charge in [0.2, 0.25) is 0 Å². The van der Waals surface area contributed by atoms with Crippen molar-refractivity contribution in [1.29, 1.82) is 0 Å². The minimum Gasteiger partial charge on any atom is -0.467 e. The van der Waals surface area contributed by atoms with E-state index >= 15 is 0 Å². The van der Waals surface area contributed by atoms with Crippen molar-refractivity contribution in [2.75, 3.05) is 6.61 Å². The SMILES string of the molecule is CCOC(=O)c1ccoc1Cn1cnc2cc(F)ccc2c1=O. The Labute approximate surface area is 130 Å². The average Bonchev–Trinajstić information content (AvgIpc) is 2.98. The predicted molar refractivity (Wildman–Crippen MR) is 79.7 cm³/mol. The molecule has 0 aliphatic heterocycles. The molecule has 3 rings (SSSR count). The molecule has 23 heavy (non-hydrogen) atoms. The summed E-state index contributed by atoms with van der Waals surface area (Å²) in [7, 11) is 0. The molecule has 6 nitrogen and oxygen atoms in total. The third-order valence-corrected chi connectivity index (χ3v) is 3.34. The first-order chi connectivity index (χ1) is 11.1. The summed E-state index contributed by atoms with van der Waals surface area (Å²) in [6.07, 6.45) is 2.65. The molecule has 0 bridgehead atoms. The Morgan fingerprint density at radius 1 is 1.39 bits per heavy atom. The Morgan fingerprint density at radius 2 is 2.22 bits per heavy atom. The lowest BCUT2D eigenvalue weighted by Crippen LogP contribution is -2.22. The van der Waals surface area contributed by atoms with Gasteiger partial charge in [0, 0.05) is 6.07 Å². The molecule has 0 unspecified atom stereocenters. The molecule has 2 aromatic heterocycles. The minimum atomic E-state index is -0.514. The van der Waals surface area contributed by atoms with Gasteiger partial charge in [0.05, 0.1) is 36.6 Å². The van der Waals surface area contributed by atoms with Gasteiger partial charge in [0.1, 0.15) is 17.1 Å². The number of fused-ring (bicyclic) bond motifs is 1. The fourth-order valence-electron chi connectivity index (χ4n) is 2.25. The summed E-state index contributed by atoms with van der Waals surface area (Å²) < 4.78 is 24.7. The van der Waals surface area contributed by atoms with Crippen molar-refractivity contribution in [3.8, 4) is 0 Å². The lowest BCUT2D eigenvalue weighted by Gasteiger charge is -2.06. The number of rotatable bonds is 4. The third-order valence-electron chi connectivity index (χ3n) is 3.34. The molecule has 118 valence electrons. The average molecular weight is 316 g/mol. The second kappa shape index (κ2) is 6.04. The van der Waals surface area contributed by atoms with Crippen molar-refractivity contribution < 1.29 is 18.3 Å². The number of carbonyl (C=O) groups excluding carboxylic acids is 1. The van der Waals surface area contributed by atoms with Gasteiger partial charge in [-0.1, -0.05) is 0 Å². The van der Waals surface area contributed by atoms with E-state index in [1.165, 1.54) is 41.4 Å². The first-order valence-corrected chi connectivity index (χ1v) is 6.98. The summed E-state index contributed by atoms with van der Waals surface area (Å²) in [5.41, 5.74) is 0.190.